The first-order chi connectivity index (χ1) is 25.2. The van der Waals surface area contributed by atoms with E-state index in [1.54, 1.807) is 0 Å². The van der Waals surface area contributed by atoms with Crippen molar-refractivity contribution in [3.8, 4) is 0 Å². The average Bonchev–Trinajstić information content (AvgIpc) is 2.96. The standard InChI is InChI=1S/C26H32N2O28.4Na/c29-7(30)3-23(53,19(45)46)11(15(37)38)27(12(16(39)40)24(54,20(47)48)4-8(31)32)1-2-28(13(17(41)42)25(55,21(49)50)5-9(33)34)14(18(43)44)26(56,22(51)52)6-10(35)36;;;;/h11-14,53-56H,1-6H2,(H,29,30)(H,31,32)(H,33,34)(H,35,36)(H,37,38)(H,39,40)(H,41,42)(H,43,44)(H,45,46)(H,47,48)(H,49,50)(H,51,52);;;;. The number of carboxylic acids is 12. The molecule has 0 saturated carbocycles. The van der Waals surface area contributed by atoms with Crippen LogP contribution in [0.5, 0.6) is 0 Å². The van der Waals surface area contributed by atoms with Crippen molar-refractivity contribution >= 4 is 190 Å². The molecule has 16 N–H and O–H groups in total. The summed E-state index contributed by atoms with van der Waals surface area (Å²) in [7, 11) is 0. The van der Waals surface area contributed by atoms with Crippen molar-refractivity contribution in [3.63, 3.8) is 0 Å². The summed E-state index contributed by atoms with van der Waals surface area (Å²) in [5.74, 6) is -33.3. The summed E-state index contributed by atoms with van der Waals surface area (Å²) in [5, 5.41) is 160. The van der Waals surface area contributed by atoms with E-state index in [1.807, 2.05) is 0 Å². The molecule has 60 heavy (non-hydrogen) atoms. The first-order valence-corrected chi connectivity index (χ1v) is 14.3. The predicted molar refractivity (Wildman–Crippen MR) is 181 cm³/mol. The molecule has 0 bridgehead atoms. The SMILES string of the molecule is O=C(O)CC(O)(C(=O)O)C(C(=O)O)N(CCN(C(C(=O)O)C(O)(CC(=O)O)C(=O)O)C(C(=O)O)C(O)(CC(=O)O)C(=O)O)C(C(=O)O)C(O)(CC(=O)O)C(=O)O.[Na].[Na].[Na].[Na]. The Balaban J connectivity index is -0.00000252. The van der Waals surface area contributed by atoms with Gasteiger partial charge in [-0.15, -0.1) is 0 Å². The third-order valence-corrected chi connectivity index (χ3v) is 7.85. The zero-order valence-electron chi connectivity index (χ0n) is 31.5. The van der Waals surface area contributed by atoms with Crippen LogP contribution in [0.15, 0.2) is 0 Å². The maximum atomic E-state index is 12.6. The maximum absolute atomic E-state index is 12.6. The summed E-state index contributed by atoms with van der Waals surface area (Å²) >= 11 is 0. The molecule has 0 amide bonds. The van der Waals surface area contributed by atoms with E-state index in [9.17, 15) is 139 Å². The normalized spacial score (nSPS) is 16.7. The quantitative estimate of drug-likeness (QED) is 0.0340. The van der Waals surface area contributed by atoms with Gasteiger partial charge in [0.1, 0.15) is 24.2 Å². The molecule has 318 valence electrons. The van der Waals surface area contributed by atoms with E-state index in [4.69, 9.17) is 0 Å². The number of hydrogen-bond donors (Lipinski definition) is 16. The van der Waals surface area contributed by atoms with Gasteiger partial charge in [0.2, 0.25) is 0 Å². The van der Waals surface area contributed by atoms with Crippen molar-refractivity contribution in [3.05, 3.63) is 0 Å². The van der Waals surface area contributed by atoms with Crippen LogP contribution in [0.25, 0.3) is 0 Å². The largest absolute Gasteiger partial charge is 0.481 e. The van der Waals surface area contributed by atoms with E-state index < -0.39 is 167 Å². The third-order valence-electron chi connectivity index (χ3n) is 7.85. The Labute approximate surface area is 420 Å². The van der Waals surface area contributed by atoms with Gasteiger partial charge in [-0.25, -0.2) is 19.2 Å². The molecule has 0 heterocycles. The molecule has 0 rings (SSSR count). The molecule has 0 aromatic rings. The van der Waals surface area contributed by atoms with Gasteiger partial charge in [0.05, 0.1) is 25.7 Å². The molecule has 0 aromatic carbocycles. The van der Waals surface area contributed by atoms with Crippen molar-refractivity contribution in [2.75, 3.05) is 13.1 Å². The molecular formula is C26H32N2Na4O28. The number of carbonyl (C=O) groups is 12. The van der Waals surface area contributed by atoms with Crippen molar-refractivity contribution in [2.45, 2.75) is 72.3 Å². The topological polar surface area (TPSA) is 535 Å². The number of carboxylic acid groups (broad SMARTS) is 12. The van der Waals surface area contributed by atoms with Crippen LogP contribution in [0.2, 0.25) is 0 Å². The second-order valence-corrected chi connectivity index (χ2v) is 11.6. The van der Waals surface area contributed by atoms with E-state index in [2.05, 4.69) is 0 Å². The Bertz CT molecular complexity index is 1460. The monoisotopic (exact) mass is 912 g/mol. The number of aliphatic hydroxyl groups is 4. The first kappa shape index (κ1) is 66.5. The zero-order valence-corrected chi connectivity index (χ0v) is 39.5. The van der Waals surface area contributed by atoms with Crippen LogP contribution in [0.1, 0.15) is 25.7 Å². The Hall–Kier alpha value is -2.60. The van der Waals surface area contributed by atoms with E-state index >= 15 is 0 Å². The van der Waals surface area contributed by atoms with Crippen molar-refractivity contribution < 1.29 is 139 Å². The van der Waals surface area contributed by atoms with E-state index in [0.29, 0.717) is 0 Å². The van der Waals surface area contributed by atoms with Crippen molar-refractivity contribution in [1.82, 2.24) is 9.80 Å². The van der Waals surface area contributed by atoms with Crippen molar-refractivity contribution in [2.24, 2.45) is 0 Å². The molecule has 0 fully saturated rings. The molecular weight excluding hydrogens is 880 g/mol. The van der Waals surface area contributed by atoms with Gasteiger partial charge in [-0.05, 0) is 0 Å². The molecule has 0 aliphatic heterocycles. The van der Waals surface area contributed by atoms with E-state index in [0.717, 1.165) is 0 Å². The Kier molecular flexibility index (Phi) is 29.0. The van der Waals surface area contributed by atoms with Gasteiger partial charge in [0, 0.05) is 131 Å². The summed E-state index contributed by atoms with van der Waals surface area (Å²) in [6, 6.07) is -15.4. The summed E-state index contributed by atoms with van der Waals surface area (Å²) in [6.07, 6.45) is -9.33. The van der Waals surface area contributed by atoms with Crippen LogP contribution < -0.4 is 0 Å². The Morgan fingerprint density at radius 3 is 0.533 bits per heavy atom. The number of rotatable bonds is 27. The molecule has 30 nitrogen and oxygen atoms in total. The molecule has 0 saturated heterocycles. The molecule has 4 radical (unpaired) electrons. The van der Waals surface area contributed by atoms with Crippen LogP contribution in [0.3, 0.4) is 0 Å². The third kappa shape index (κ3) is 15.6. The fraction of sp³-hybridized carbons (Fsp3) is 0.538. The second kappa shape index (κ2) is 26.1. The molecule has 0 aliphatic rings. The van der Waals surface area contributed by atoms with Gasteiger partial charge in [0.25, 0.3) is 0 Å². The number of nitrogens with zero attached hydrogens (tertiary/aromatic N) is 2. The van der Waals surface area contributed by atoms with E-state index in [1.165, 1.54) is 0 Å². The first-order valence-electron chi connectivity index (χ1n) is 14.3. The zero-order chi connectivity index (χ0) is 44.6. The van der Waals surface area contributed by atoms with Gasteiger partial charge >= 0.3 is 71.6 Å². The maximum Gasteiger partial charge on any atom is 0.338 e. The average molecular weight is 912 g/mol. The van der Waals surface area contributed by atoms with Crippen LogP contribution in [0, 0.1) is 0 Å². The molecule has 0 spiro atoms. The second-order valence-electron chi connectivity index (χ2n) is 11.6. The molecule has 0 aliphatic carbocycles. The van der Waals surface area contributed by atoms with Gasteiger partial charge < -0.3 is 81.7 Å². The summed E-state index contributed by atoms with van der Waals surface area (Å²) in [4.78, 5) is 144. The molecule has 34 heteroatoms. The summed E-state index contributed by atoms with van der Waals surface area (Å²) in [5.41, 5.74) is -17.9. The van der Waals surface area contributed by atoms with Gasteiger partial charge in [-0.2, -0.15) is 0 Å². The van der Waals surface area contributed by atoms with Gasteiger partial charge in [-0.3, -0.25) is 48.2 Å². The smallest absolute Gasteiger partial charge is 0.338 e. The van der Waals surface area contributed by atoms with Gasteiger partial charge in [0.15, 0.2) is 22.4 Å². The van der Waals surface area contributed by atoms with Crippen LogP contribution in [0.4, 0.5) is 0 Å². The van der Waals surface area contributed by atoms with Crippen LogP contribution in [-0.2, 0) is 57.5 Å². The van der Waals surface area contributed by atoms with Crippen LogP contribution >= 0.6 is 0 Å². The minimum absolute atomic E-state index is 0. The number of hydrogen-bond acceptors (Lipinski definition) is 18. The molecule has 0 aromatic heterocycles. The van der Waals surface area contributed by atoms with Crippen molar-refractivity contribution in [1.29, 1.82) is 0 Å². The summed E-state index contributed by atoms with van der Waals surface area (Å²) in [6.45, 7) is -4.59. The fourth-order valence-electron chi connectivity index (χ4n) is 5.61. The Morgan fingerprint density at radius 1 is 0.317 bits per heavy atom. The minimum atomic E-state index is -4.48. The van der Waals surface area contributed by atoms with E-state index in [-0.39, 0.29) is 118 Å². The minimum Gasteiger partial charge on any atom is -0.481 e. The fourth-order valence-corrected chi connectivity index (χ4v) is 5.61. The summed E-state index contributed by atoms with van der Waals surface area (Å²) < 4.78 is 0. The predicted octanol–water partition coefficient (Wildman–Crippen LogP) is -8.96. The number of aliphatic carboxylic acids is 12. The van der Waals surface area contributed by atoms with Gasteiger partial charge in [-0.1, -0.05) is 0 Å². The molecule has 8 atom stereocenters. The van der Waals surface area contributed by atoms with Crippen LogP contribution in [-0.4, -0.2) is 341 Å². The Morgan fingerprint density at radius 2 is 0.450 bits per heavy atom. The molecule has 8 unspecified atom stereocenters.